The van der Waals surface area contributed by atoms with Crippen LogP contribution in [0.25, 0.3) is 0 Å². The van der Waals surface area contributed by atoms with Crippen LogP contribution in [0.3, 0.4) is 0 Å². The molecule has 0 saturated carbocycles. The molecule has 0 bridgehead atoms. The molecule has 10 heteroatoms. The van der Waals surface area contributed by atoms with Gasteiger partial charge in [-0.15, -0.1) is 24.8 Å². The molecule has 18 heavy (non-hydrogen) atoms. The molecule has 0 atom stereocenters. The summed E-state index contributed by atoms with van der Waals surface area (Å²) in [5.41, 5.74) is -1.90. The van der Waals surface area contributed by atoms with Gasteiger partial charge >= 0.3 is 12.5 Å². The fraction of sp³-hybridized carbons (Fsp3) is 0.375. The number of halogens is 8. The van der Waals surface area contributed by atoms with Gasteiger partial charge in [0, 0.05) is 11.4 Å². The molecule has 0 radical (unpaired) electrons. The van der Waals surface area contributed by atoms with Crippen LogP contribution in [0, 0.1) is 3.70 Å². The fourth-order valence-electron chi connectivity index (χ4n) is 1.05. The maximum Gasteiger partial charge on any atom is 0.573 e. The lowest BCUT2D eigenvalue weighted by molar-refractivity contribution is -0.275. The summed E-state index contributed by atoms with van der Waals surface area (Å²) in [6.45, 7) is 0. The van der Waals surface area contributed by atoms with Crippen LogP contribution in [-0.2, 0) is 12.1 Å². The predicted octanol–water partition coefficient (Wildman–Crippen LogP) is 4.34. The smallest absolute Gasteiger partial charge is 0.403 e. The van der Waals surface area contributed by atoms with Crippen molar-refractivity contribution in [2.45, 2.75) is 18.4 Å². The van der Waals surface area contributed by atoms with Gasteiger partial charge in [0.2, 0.25) is 0 Å². The minimum atomic E-state index is -5.01. The normalized spacial score (nSPS) is 12.7. The largest absolute Gasteiger partial charge is 0.573 e. The second-order valence-corrected chi connectivity index (χ2v) is 4.25. The second-order valence-electron chi connectivity index (χ2n) is 2.96. The Bertz CT molecular complexity index is 446. The molecule has 1 heterocycles. The highest BCUT2D eigenvalue weighted by atomic mass is 127. The minimum Gasteiger partial charge on any atom is -0.403 e. The van der Waals surface area contributed by atoms with Crippen molar-refractivity contribution in [1.82, 2.24) is 4.98 Å². The lowest BCUT2D eigenvalue weighted by Gasteiger charge is -2.15. The number of rotatable bonds is 2. The summed E-state index contributed by atoms with van der Waals surface area (Å²) in [6.07, 6.45) is -9.80. The van der Waals surface area contributed by atoms with Gasteiger partial charge in [0.25, 0.3) is 0 Å². The Labute approximate surface area is 115 Å². The molecular formula is C8H3ClF6INO. The zero-order valence-corrected chi connectivity index (χ0v) is 11.1. The molecule has 0 unspecified atom stereocenters. The van der Waals surface area contributed by atoms with Crippen molar-refractivity contribution in [1.29, 1.82) is 0 Å². The summed E-state index contributed by atoms with van der Waals surface area (Å²) in [5, 5.41) is 0. The second kappa shape index (κ2) is 5.27. The van der Waals surface area contributed by atoms with E-state index < -0.39 is 39.1 Å². The van der Waals surface area contributed by atoms with Gasteiger partial charge in [-0.05, 0) is 28.7 Å². The SMILES string of the molecule is FC(F)(F)Oc1cc(CCl)c(C(F)(F)F)nc1I. The van der Waals surface area contributed by atoms with Crippen LogP contribution < -0.4 is 4.74 Å². The van der Waals surface area contributed by atoms with Crippen LogP contribution in [0.2, 0.25) is 0 Å². The molecule has 0 aromatic carbocycles. The van der Waals surface area contributed by atoms with Gasteiger partial charge in [-0.3, -0.25) is 0 Å². The summed E-state index contributed by atoms with van der Waals surface area (Å²) in [7, 11) is 0. The van der Waals surface area contributed by atoms with E-state index in [1.54, 1.807) is 0 Å². The van der Waals surface area contributed by atoms with Crippen molar-refractivity contribution in [3.63, 3.8) is 0 Å². The molecule has 0 N–H and O–H groups in total. The van der Waals surface area contributed by atoms with Crippen LogP contribution >= 0.6 is 34.2 Å². The van der Waals surface area contributed by atoms with Crippen LogP contribution in [0.4, 0.5) is 26.3 Å². The highest BCUT2D eigenvalue weighted by Gasteiger charge is 2.38. The van der Waals surface area contributed by atoms with Crippen molar-refractivity contribution in [2.75, 3.05) is 0 Å². The molecule has 1 rings (SSSR count). The molecule has 102 valence electrons. The Morgan fingerprint density at radius 2 is 1.78 bits per heavy atom. The zero-order valence-electron chi connectivity index (χ0n) is 8.16. The summed E-state index contributed by atoms with van der Waals surface area (Å²) >= 11 is 6.47. The molecule has 0 amide bonds. The number of nitrogens with zero attached hydrogens (tertiary/aromatic N) is 1. The van der Waals surface area contributed by atoms with Gasteiger partial charge in [0.1, 0.15) is 9.39 Å². The number of hydrogen-bond acceptors (Lipinski definition) is 2. The molecule has 0 aliphatic heterocycles. The van der Waals surface area contributed by atoms with E-state index in [0.717, 1.165) is 0 Å². The van der Waals surface area contributed by atoms with E-state index in [-0.39, 0.29) is 0 Å². The fourth-order valence-corrected chi connectivity index (χ4v) is 1.77. The Hall–Kier alpha value is -0.450. The van der Waals surface area contributed by atoms with E-state index in [4.69, 9.17) is 11.6 Å². The zero-order chi connectivity index (χ0) is 14.1. The summed E-state index contributed by atoms with van der Waals surface area (Å²) < 4.78 is 76.4. The van der Waals surface area contributed by atoms with Crippen molar-refractivity contribution >= 4 is 34.2 Å². The highest BCUT2D eigenvalue weighted by molar-refractivity contribution is 14.1. The third-order valence-electron chi connectivity index (χ3n) is 1.66. The molecule has 2 nitrogen and oxygen atoms in total. The highest BCUT2D eigenvalue weighted by Crippen LogP contribution is 2.36. The Morgan fingerprint density at radius 3 is 2.17 bits per heavy atom. The first-order valence-corrected chi connectivity index (χ1v) is 5.74. The Morgan fingerprint density at radius 1 is 1.22 bits per heavy atom. The summed E-state index contributed by atoms with van der Waals surface area (Å²) in [5.74, 6) is -1.45. The average molecular weight is 405 g/mol. The van der Waals surface area contributed by atoms with Crippen LogP contribution in [-0.4, -0.2) is 11.3 Å². The van der Waals surface area contributed by atoms with E-state index >= 15 is 0 Å². The van der Waals surface area contributed by atoms with Crippen molar-refractivity contribution in [3.8, 4) is 5.75 Å². The predicted molar refractivity (Wildman–Crippen MR) is 58.2 cm³/mol. The minimum absolute atomic E-state index is 0.550. The molecule has 0 aliphatic carbocycles. The summed E-state index contributed by atoms with van der Waals surface area (Å²) in [6, 6.07) is 0.581. The molecule has 0 spiro atoms. The number of hydrogen-bond donors (Lipinski definition) is 0. The first-order chi connectivity index (χ1) is 8.04. The van der Waals surface area contributed by atoms with Crippen LogP contribution in [0.1, 0.15) is 11.3 Å². The lowest BCUT2D eigenvalue weighted by atomic mass is 10.2. The van der Waals surface area contributed by atoms with Gasteiger partial charge < -0.3 is 4.74 Å². The standard InChI is InChI=1S/C8H3ClF6INO/c9-2-3-1-4(18-8(13,14)15)6(16)17-5(3)7(10,11)12/h1H,2H2. The quantitative estimate of drug-likeness (QED) is 0.316. The van der Waals surface area contributed by atoms with Crippen molar-refractivity contribution in [2.24, 2.45) is 0 Å². The maximum atomic E-state index is 12.5. The molecule has 0 saturated heterocycles. The number of ether oxygens (including phenoxy) is 1. The van der Waals surface area contributed by atoms with E-state index in [2.05, 4.69) is 9.72 Å². The molecule has 0 aliphatic rings. The topological polar surface area (TPSA) is 22.1 Å². The maximum absolute atomic E-state index is 12.5. The van der Waals surface area contributed by atoms with Crippen LogP contribution in [0.5, 0.6) is 5.75 Å². The average Bonchev–Trinajstić information content (AvgIpc) is 2.17. The van der Waals surface area contributed by atoms with E-state index in [0.29, 0.717) is 6.07 Å². The van der Waals surface area contributed by atoms with E-state index in [9.17, 15) is 26.3 Å². The third kappa shape index (κ3) is 4.04. The Balaban J connectivity index is 3.27. The van der Waals surface area contributed by atoms with Crippen LogP contribution in [0.15, 0.2) is 6.07 Å². The third-order valence-corrected chi connectivity index (χ3v) is 2.72. The monoisotopic (exact) mass is 405 g/mol. The summed E-state index contributed by atoms with van der Waals surface area (Å²) in [4.78, 5) is 3.05. The number of pyridine rings is 1. The van der Waals surface area contributed by atoms with Crippen molar-refractivity contribution < 1.29 is 31.1 Å². The van der Waals surface area contributed by atoms with Gasteiger partial charge in [0.05, 0.1) is 0 Å². The van der Waals surface area contributed by atoms with Gasteiger partial charge in [-0.1, -0.05) is 0 Å². The van der Waals surface area contributed by atoms with Gasteiger partial charge in [0.15, 0.2) is 5.75 Å². The lowest BCUT2D eigenvalue weighted by Crippen LogP contribution is -2.20. The van der Waals surface area contributed by atoms with Crippen molar-refractivity contribution in [3.05, 3.63) is 21.0 Å². The Kier molecular flexibility index (Phi) is 4.57. The van der Waals surface area contributed by atoms with E-state index in [1.165, 1.54) is 22.6 Å². The van der Waals surface area contributed by atoms with E-state index in [1.807, 2.05) is 0 Å². The first-order valence-electron chi connectivity index (χ1n) is 4.13. The molecule has 1 aromatic rings. The number of aromatic nitrogens is 1. The van der Waals surface area contributed by atoms with Gasteiger partial charge in [-0.2, -0.15) is 13.2 Å². The first kappa shape index (κ1) is 15.6. The van der Waals surface area contributed by atoms with Gasteiger partial charge in [-0.25, -0.2) is 4.98 Å². The molecule has 1 aromatic heterocycles. The molecule has 0 fully saturated rings. The molecular weight excluding hydrogens is 402 g/mol. The number of alkyl halides is 7.